The lowest BCUT2D eigenvalue weighted by Gasteiger charge is -2.29. The third-order valence-electron chi connectivity index (χ3n) is 4.74. The van der Waals surface area contributed by atoms with Crippen LogP contribution in [0.5, 0.6) is 5.75 Å². The van der Waals surface area contributed by atoms with E-state index < -0.39 is 0 Å². The maximum Gasteiger partial charge on any atom is 0.179 e. The van der Waals surface area contributed by atoms with Crippen LogP contribution in [0.3, 0.4) is 0 Å². The van der Waals surface area contributed by atoms with Gasteiger partial charge in [0.15, 0.2) is 5.75 Å². The number of para-hydroxylation sites is 2. The van der Waals surface area contributed by atoms with Gasteiger partial charge in [-0.3, -0.25) is 5.11 Å². The van der Waals surface area contributed by atoms with Crippen LogP contribution in [0, 0.1) is 0 Å². The Hall–Kier alpha value is -2.29. The van der Waals surface area contributed by atoms with E-state index >= 15 is 0 Å². The molecule has 0 saturated heterocycles. The molecule has 0 atom stereocenters. The van der Waals surface area contributed by atoms with Crippen LogP contribution < -0.4 is 0 Å². The Balaban J connectivity index is 2.46. The minimum Gasteiger partial charge on any atom is -0.327 e. The van der Waals surface area contributed by atoms with Gasteiger partial charge in [-0.2, -0.15) is 0 Å². The summed E-state index contributed by atoms with van der Waals surface area (Å²) in [5.41, 5.74) is 5.00. The number of hydrogen-bond donors (Lipinski definition) is 0. The van der Waals surface area contributed by atoms with Crippen molar-refractivity contribution >= 4 is 11.0 Å². The summed E-state index contributed by atoms with van der Waals surface area (Å²) < 4.78 is 2.14. The molecule has 25 heavy (non-hydrogen) atoms. The molecule has 0 bridgehead atoms. The Kier molecular flexibility index (Phi) is 3.94. The molecule has 3 aromatic rings. The normalized spacial score (nSPS) is 12.8. The Bertz CT molecular complexity index is 902. The molecule has 0 N–H and O–H groups in total. The van der Waals surface area contributed by atoms with E-state index in [1.165, 1.54) is 0 Å². The van der Waals surface area contributed by atoms with Gasteiger partial charge in [0.05, 0.1) is 11.0 Å². The molecule has 0 aliphatic carbocycles. The monoisotopic (exact) mass is 335 g/mol. The molecule has 0 spiro atoms. The molecule has 1 radical (unpaired) electrons. The predicted molar refractivity (Wildman–Crippen MR) is 104 cm³/mol. The van der Waals surface area contributed by atoms with Crippen LogP contribution in [0.25, 0.3) is 22.4 Å². The third kappa shape index (κ3) is 3.04. The molecule has 3 nitrogen and oxygen atoms in total. The highest BCUT2D eigenvalue weighted by Crippen LogP contribution is 2.43. The zero-order chi connectivity index (χ0) is 18.6. The first kappa shape index (κ1) is 17.5. The lowest BCUT2D eigenvalue weighted by molar-refractivity contribution is 0.351. The van der Waals surface area contributed by atoms with Gasteiger partial charge in [0.2, 0.25) is 0 Å². The molecule has 2 aromatic carbocycles. The van der Waals surface area contributed by atoms with Crippen molar-refractivity contribution in [1.82, 2.24) is 9.55 Å². The van der Waals surface area contributed by atoms with Gasteiger partial charge >= 0.3 is 0 Å². The smallest absolute Gasteiger partial charge is 0.179 e. The Morgan fingerprint density at radius 3 is 1.88 bits per heavy atom. The van der Waals surface area contributed by atoms with Crippen molar-refractivity contribution in [1.29, 1.82) is 0 Å². The standard InChI is InChI=1S/C22H27N2O/c1-21(2,3)15-12-14(25)13-16(22(4,5)6)19(15)20-23-17-10-8-9-11-18(17)24(20)7/h8-13H,1-7H3. The maximum atomic E-state index is 12.4. The Labute approximate surface area is 150 Å². The molecule has 1 heterocycles. The molecular weight excluding hydrogens is 308 g/mol. The quantitative estimate of drug-likeness (QED) is 0.539. The van der Waals surface area contributed by atoms with E-state index in [2.05, 4.69) is 59.2 Å². The Morgan fingerprint density at radius 2 is 1.40 bits per heavy atom. The topological polar surface area (TPSA) is 37.7 Å². The van der Waals surface area contributed by atoms with Crippen LogP contribution in [-0.2, 0) is 23.0 Å². The third-order valence-corrected chi connectivity index (χ3v) is 4.74. The number of nitrogens with zero attached hydrogens (tertiary/aromatic N) is 2. The summed E-state index contributed by atoms with van der Waals surface area (Å²) in [5, 5.41) is 12.4. The van der Waals surface area contributed by atoms with E-state index in [1.807, 2.05) is 18.2 Å². The molecule has 3 heteroatoms. The molecule has 3 rings (SSSR count). The van der Waals surface area contributed by atoms with Crippen LogP contribution in [0.1, 0.15) is 52.7 Å². The highest BCUT2D eigenvalue weighted by Gasteiger charge is 2.30. The second-order valence-electron chi connectivity index (χ2n) is 8.88. The molecule has 0 aliphatic heterocycles. The van der Waals surface area contributed by atoms with Crippen LogP contribution in [0.15, 0.2) is 36.4 Å². The lowest BCUT2D eigenvalue weighted by Crippen LogP contribution is -2.20. The molecule has 131 valence electrons. The zero-order valence-corrected chi connectivity index (χ0v) is 16.3. The number of rotatable bonds is 1. The first-order valence-corrected chi connectivity index (χ1v) is 8.78. The van der Waals surface area contributed by atoms with Crippen molar-refractivity contribution in [2.24, 2.45) is 7.05 Å². The summed E-state index contributed by atoms with van der Waals surface area (Å²) in [6, 6.07) is 11.7. The molecule has 0 amide bonds. The fraction of sp³-hybridized carbons (Fsp3) is 0.409. The predicted octanol–water partition coefficient (Wildman–Crippen LogP) is 5.98. The van der Waals surface area contributed by atoms with Crippen LogP contribution >= 0.6 is 0 Å². The van der Waals surface area contributed by atoms with Gasteiger partial charge in [-0.05, 0) is 46.2 Å². The van der Waals surface area contributed by atoms with E-state index in [-0.39, 0.29) is 16.6 Å². The number of aromatic nitrogens is 2. The minimum absolute atomic E-state index is 0.0670. The van der Waals surface area contributed by atoms with E-state index in [0.29, 0.717) is 0 Å². The average molecular weight is 335 g/mol. The fourth-order valence-electron chi connectivity index (χ4n) is 3.41. The van der Waals surface area contributed by atoms with Gasteiger partial charge in [-0.15, -0.1) is 0 Å². The fourth-order valence-corrected chi connectivity index (χ4v) is 3.41. The molecule has 0 saturated carbocycles. The number of hydrogen-bond acceptors (Lipinski definition) is 1. The minimum atomic E-state index is -0.145. The van der Waals surface area contributed by atoms with Crippen molar-refractivity contribution in [2.75, 3.05) is 0 Å². The second kappa shape index (κ2) is 5.62. The van der Waals surface area contributed by atoms with E-state index in [1.54, 1.807) is 12.1 Å². The van der Waals surface area contributed by atoms with Gasteiger partial charge in [-0.25, -0.2) is 4.98 Å². The molecule has 0 aliphatic rings. The maximum absolute atomic E-state index is 12.4. The van der Waals surface area contributed by atoms with Crippen molar-refractivity contribution in [2.45, 2.75) is 52.4 Å². The van der Waals surface area contributed by atoms with Gasteiger partial charge in [0.25, 0.3) is 0 Å². The van der Waals surface area contributed by atoms with Crippen LogP contribution in [0.2, 0.25) is 0 Å². The summed E-state index contributed by atoms with van der Waals surface area (Å²) in [6.45, 7) is 12.9. The zero-order valence-electron chi connectivity index (χ0n) is 16.3. The van der Waals surface area contributed by atoms with Crippen molar-refractivity contribution in [3.8, 4) is 17.1 Å². The number of fused-ring (bicyclic) bond motifs is 1. The number of aryl methyl sites for hydroxylation is 1. The molecule has 0 unspecified atom stereocenters. The highest BCUT2D eigenvalue weighted by atomic mass is 16.3. The van der Waals surface area contributed by atoms with Crippen molar-refractivity contribution < 1.29 is 5.11 Å². The van der Waals surface area contributed by atoms with Crippen LogP contribution in [0.4, 0.5) is 0 Å². The van der Waals surface area contributed by atoms with Gasteiger partial charge in [-0.1, -0.05) is 53.7 Å². The van der Waals surface area contributed by atoms with Crippen molar-refractivity contribution in [3.05, 3.63) is 47.5 Å². The largest absolute Gasteiger partial charge is 0.327 e. The van der Waals surface area contributed by atoms with Gasteiger partial charge in [0, 0.05) is 12.6 Å². The highest BCUT2D eigenvalue weighted by molar-refractivity contribution is 5.83. The summed E-state index contributed by atoms with van der Waals surface area (Å²) >= 11 is 0. The van der Waals surface area contributed by atoms with E-state index in [4.69, 9.17) is 4.98 Å². The van der Waals surface area contributed by atoms with Crippen LogP contribution in [-0.4, -0.2) is 9.55 Å². The summed E-state index contributed by atoms with van der Waals surface area (Å²) in [4.78, 5) is 4.92. The second-order valence-corrected chi connectivity index (χ2v) is 8.88. The first-order valence-electron chi connectivity index (χ1n) is 8.78. The van der Waals surface area contributed by atoms with E-state index in [9.17, 15) is 5.11 Å². The summed E-state index contributed by atoms with van der Waals surface area (Å²) in [5.74, 6) is 0.994. The molecule has 1 aromatic heterocycles. The first-order chi connectivity index (χ1) is 11.5. The van der Waals surface area contributed by atoms with Crippen molar-refractivity contribution in [3.63, 3.8) is 0 Å². The van der Waals surface area contributed by atoms with Gasteiger partial charge in [0.1, 0.15) is 5.82 Å². The molecular formula is C22H27N2O. The Morgan fingerprint density at radius 1 is 0.880 bits per heavy atom. The summed E-state index contributed by atoms with van der Waals surface area (Å²) in [6.07, 6.45) is 0. The molecule has 0 fully saturated rings. The SMILES string of the molecule is Cn1c(-c2c(C(C)(C)C)cc([O])cc2C(C)(C)C)nc2ccccc21. The number of imidazole rings is 1. The summed E-state index contributed by atoms with van der Waals surface area (Å²) in [7, 11) is 2.05. The van der Waals surface area contributed by atoms with Gasteiger partial charge < -0.3 is 4.57 Å². The average Bonchev–Trinajstić information content (AvgIpc) is 2.82. The lowest BCUT2D eigenvalue weighted by atomic mass is 9.76. The number of benzene rings is 2. The van der Waals surface area contributed by atoms with E-state index in [0.717, 1.165) is 33.5 Å².